The first-order chi connectivity index (χ1) is 23.9. The molecule has 0 aliphatic heterocycles. The molecule has 50 heavy (non-hydrogen) atoms. The molecule has 0 heterocycles. The summed E-state index contributed by atoms with van der Waals surface area (Å²) < 4.78 is 34.2. The van der Waals surface area contributed by atoms with Gasteiger partial charge in [0, 0.05) is 43.4 Å². The third kappa shape index (κ3) is 13.3. The number of hydrogen-bond donors (Lipinski definition) is 4. The average Bonchev–Trinajstić information content (AvgIpc) is 3.07. The number of ether oxygens (including phenoxy) is 1. The highest BCUT2D eigenvalue weighted by Crippen LogP contribution is 2.16. The molecule has 3 aromatic rings. The van der Waals surface area contributed by atoms with Crippen LogP contribution >= 0.6 is 0 Å². The number of carbonyl (C=O) groups excluding carboxylic acids is 3. The molecule has 4 N–H and O–H groups in total. The maximum Gasteiger partial charge on any atom is 0.253 e. The summed E-state index contributed by atoms with van der Waals surface area (Å²) in [6.07, 6.45) is 0.170. The van der Waals surface area contributed by atoms with Crippen molar-refractivity contribution in [2.75, 3.05) is 32.8 Å². The van der Waals surface area contributed by atoms with E-state index in [1.165, 1.54) is 6.07 Å². The number of aryl methyl sites for hydroxylation is 1. The summed E-state index contributed by atoms with van der Waals surface area (Å²) in [7, 11) is 0. The first kappa shape index (κ1) is 40.2. The smallest absolute Gasteiger partial charge is 0.253 e. The highest BCUT2D eigenvalue weighted by molar-refractivity contribution is 6.00. The van der Waals surface area contributed by atoms with E-state index in [2.05, 4.69) is 16.0 Å². The molecule has 0 spiro atoms. The van der Waals surface area contributed by atoms with Crippen LogP contribution in [0.1, 0.15) is 77.9 Å². The van der Waals surface area contributed by atoms with Crippen molar-refractivity contribution in [2.45, 2.75) is 78.7 Å². The molecular formula is C39H52F2N4O5. The molecule has 0 fully saturated rings. The third-order valence-electron chi connectivity index (χ3n) is 7.99. The van der Waals surface area contributed by atoms with Gasteiger partial charge >= 0.3 is 0 Å². The fraction of sp³-hybridized carbons (Fsp3) is 0.462. The van der Waals surface area contributed by atoms with E-state index in [-0.39, 0.29) is 55.0 Å². The molecule has 0 aromatic heterocycles. The van der Waals surface area contributed by atoms with Crippen LogP contribution < -0.4 is 16.0 Å². The Hall–Kier alpha value is -4.19. The van der Waals surface area contributed by atoms with E-state index in [0.717, 1.165) is 36.6 Å². The second-order valence-electron chi connectivity index (χ2n) is 13.1. The van der Waals surface area contributed by atoms with Gasteiger partial charge in [-0.1, -0.05) is 58.0 Å². The van der Waals surface area contributed by atoms with Crippen LogP contribution in [0.5, 0.6) is 0 Å². The van der Waals surface area contributed by atoms with E-state index in [9.17, 15) is 28.3 Å². The van der Waals surface area contributed by atoms with E-state index in [1.54, 1.807) is 24.0 Å². The van der Waals surface area contributed by atoms with Gasteiger partial charge in [0.2, 0.25) is 5.91 Å². The quantitative estimate of drug-likeness (QED) is 0.129. The lowest BCUT2D eigenvalue weighted by Gasteiger charge is -2.27. The van der Waals surface area contributed by atoms with Gasteiger partial charge in [0.1, 0.15) is 17.7 Å². The highest BCUT2D eigenvalue weighted by Gasteiger charge is 2.27. The highest BCUT2D eigenvalue weighted by atomic mass is 19.1. The summed E-state index contributed by atoms with van der Waals surface area (Å²) in [6.45, 7) is 11.5. The summed E-state index contributed by atoms with van der Waals surface area (Å²) >= 11 is 0. The largest absolute Gasteiger partial charge is 0.390 e. The molecule has 3 aromatic carbocycles. The number of hydrogen-bond acceptors (Lipinski definition) is 6. The number of benzene rings is 3. The summed E-state index contributed by atoms with van der Waals surface area (Å²) in [4.78, 5) is 42.0. The maximum atomic E-state index is 14.2. The first-order valence-electron chi connectivity index (χ1n) is 17.4. The normalized spacial score (nSPS) is 13.1. The van der Waals surface area contributed by atoms with Gasteiger partial charge in [-0.15, -0.1) is 0 Å². The molecule has 0 radical (unpaired) electrons. The number of nitrogens with one attached hydrogen (secondary N) is 3. The Labute approximate surface area is 294 Å². The SMILES string of the molecule is CCCN(CCC)C(=O)c1cc(C)cc(C(=O)N[C@@H](Cc2cc(F)cc(F)c2)[C@H](O)CN[C@@H](COCc2ccccc2)C(=O)NCC(C)C)c1. The number of nitrogens with zero attached hydrogens (tertiary/aromatic N) is 1. The molecule has 3 amide bonds. The number of aliphatic hydroxyl groups excluding tert-OH is 1. The van der Waals surface area contributed by atoms with Gasteiger partial charge < -0.3 is 30.7 Å². The van der Waals surface area contributed by atoms with Crippen LogP contribution in [0.25, 0.3) is 0 Å². The second-order valence-corrected chi connectivity index (χ2v) is 13.1. The van der Waals surface area contributed by atoms with E-state index in [0.29, 0.717) is 30.8 Å². The summed E-state index contributed by atoms with van der Waals surface area (Å²) in [5.74, 6) is -2.44. The van der Waals surface area contributed by atoms with Crippen LogP contribution in [0.3, 0.4) is 0 Å². The van der Waals surface area contributed by atoms with Crippen molar-refractivity contribution < 1.29 is 33.0 Å². The van der Waals surface area contributed by atoms with Crippen molar-refractivity contribution in [1.29, 1.82) is 0 Å². The van der Waals surface area contributed by atoms with Crippen molar-refractivity contribution in [1.82, 2.24) is 20.9 Å². The van der Waals surface area contributed by atoms with E-state index in [1.807, 2.05) is 58.0 Å². The van der Waals surface area contributed by atoms with Gasteiger partial charge in [0.25, 0.3) is 11.8 Å². The van der Waals surface area contributed by atoms with Crippen LogP contribution in [0, 0.1) is 24.5 Å². The van der Waals surface area contributed by atoms with Crippen molar-refractivity contribution in [3.63, 3.8) is 0 Å². The van der Waals surface area contributed by atoms with Crippen molar-refractivity contribution in [3.05, 3.63) is 106 Å². The molecule has 0 unspecified atom stereocenters. The molecule has 272 valence electrons. The van der Waals surface area contributed by atoms with Gasteiger partial charge in [-0.05, 0) is 79.1 Å². The standard InChI is InChI=1S/C39H52F2N4O5/c1-6-13-45(14-7-2)39(49)31-16-27(5)15-30(20-31)37(47)44-34(19-29-17-32(40)21-33(41)18-29)36(46)23-42-35(38(48)43-22-26(3)4)25-50-24-28-11-9-8-10-12-28/h8-12,15-18,20-21,26,34-36,42,46H,6-7,13-14,19,22-25H2,1-5H3,(H,43,48)(H,44,47)/t34-,35-,36+/m0/s1. The second kappa shape index (κ2) is 20.5. The molecule has 0 saturated heterocycles. The number of halogens is 2. The Morgan fingerprint density at radius 3 is 2.12 bits per heavy atom. The Kier molecular flexibility index (Phi) is 16.5. The fourth-order valence-corrected chi connectivity index (χ4v) is 5.52. The average molecular weight is 695 g/mol. The minimum atomic E-state index is -1.30. The van der Waals surface area contributed by atoms with E-state index in [4.69, 9.17) is 4.74 Å². The number of aliphatic hydroxyl groups is 1. The zero-order valence-corrected chi connectivity index (χ0v) is 29.8. The minimum Gasteiger partial charge on any atom is -0.390 e. The van der Waals surface area contributed by atoms with Crippen LogP contribution in [0.15, 0.2) is 66.7 Å². The lowest BCUT2D eigenvalue weighted by molar-refractivity contribution is -0.125. The first-order valence-corrected chi connectivity index (χ1v) is 17.4. The van der Waals surface area contributed by atoms with Crippen LogP contribution in [0.4, 0.5) is 8.78 Å². The summed E-state index contributed by atoms with van der Waals surface area (Å²) in [5.41, 5.74) is 2.43. The van der Waals surface area contributed by atoms with Crippen molar-refractivity contribution in [2.24, 2.45) is 5.92 Å². The van der Waals surface area contributed by atoms with Crippen LogP contribution in [0.2, 0.25) is 0 Å². The predicted molar refractivity (Wildman–Crippen MR) is 191 cm³/mol. The fourth-order valence-electron chi connectivity index (χ4n) is 5.52. The van der Waals surface area contributed by atoms with Gasteiger partial charge in [-0.25, -0.2) is 8.78 Å². The predicted octanol–water partition coefficient (Wildman–Crippen LogP) is 5.18. The van der Waals surface area contributed by atoms with Gasteiger partial charge in [0.05, 0.1) is 25.4 Å². The maximum absolute atomic E-state index is 14.2. The molecule has 11 heteroatoms. The monoisotopic (exact) mass is 694 g/mol. The molecule has 3 rings (SSSR count). The van der Waals surface area contributed by atoms with Gasteiger partial charge in [-0.3, -0.25) is 14.4 Å². The molecule has 0 bridgehead atoms. The molecule has 3 atom stereocenters. The van der Waals surface area contributed by atoms with Crippen molar-refractivity contribution >= 4 is 17.7 Å². The lowest BCUT2D eigenvalue weighted by Crippen LogP contribution is -2.54. The Morgan fingerprint density at radius 2 is 1.50 bits per heavy atom. The molecule has 0 aliphatic carbocycles. The molecule has 9 nitrogen and oxygen atoms in total. The van der Waals surface area contributed by atoms with E-state index < -0.39 is 35.7 Å². The van der Waals surface area contributed by atoms with Crippen molar-refractivity contribution in [3.8, 4) is 0 Å². The zero-order valence-electron chi connectivity index (χ0n) is 29.8. The minimum absolute atomic E-state index is 0.00482. The molecular weight excluding hydrogens is 642 g/mol. The third-order valence-corrected chi connectivity index (χ3v) is 7.99. The van der Waals surface area contributed by atoms with Gasteiger partial charge in [-0.2, -0.15) is 0 Å². The van der Waals surface area contributed by atoms with Gasteiger partial charge in [0.15, 0.2) is 0 Å². The number of carbonyl (C=O) groups is 3. The Bertz CT molecular complexity index is 1510. The summed E-state index contributed by atoms with van der Waals surface area (Å²) in [5, 5.41) is 20.2. The summed E-state index contributed by atoms with van der Waals surface area (Å²) in [6, 6.07) is 15.5. The van der Waals surface area contributed by atoms with E-state index >= 15 is 0 Å². The number of rotatable bonds is 20. The molecule has 0 saturated carbocycles. The van der Waals surface area contributed by atoms with Crippen LogP contribution in [-0.4, -0.2) is 78.7 Å². The lowest BCUT2D eigenvalue weighted by atomic mass is 9.99. The Balaban J connectivity index is 1.82. The molecule has 0 aliphatic rings. The topological polar surface area (TPSA) is 120 Å². The zero-order chi connectivity index (χ0) is 36.6. The van der Waals surface area contributed by atoms with Crippen LogP contribution in [-0.2, 0) is 22.6 Å². The Morgan fingerprint density at radius 1 is 0.860 bits per heavy atom. The number of amides is 3.